The van der Waals surface area contributed by atoms with Crippen LogP contribution in [-0.2, 0) is 17.8 Å². The van der Waals surface area contributed by atoms with Crippen LogP contribution in [0.2, 0.25) is 0 Å². The highest BCUT2D eigenvalue weighted by Crippen LogP contribution is 2.30. The zero-order chi connectivity index (χ0) is 27.6. The number of anilines is 2. The van der Waals surface area contributed by atoms with Crippen molar-refractivity contribution in [1.29, 1.82) is 0 Å². The lowest BCUT2D eigenvalue weighted by Gasteiger charge is -2.28. The molecule has 0 spiro atoms. The second kappa shape index (κ2) is 12.1. The molecule has 0 unspecified atom stereocenters. The van der Waals surface area contributed by atoms with Crippen LogP contribution >= 0.6 is 37.2 Å². The van der Waals surface area contributed by atoms with Gasteiger partial charge in [-0.2, -0.15) is 0 Å². The lowest BCUT2D eigenvalue weighted by atomic mass is 10.1. The number of carbonyl (C=O) groups is 1. The minimum absolute atomic E-state index is 0.0249. The highest BCUT2D eigenvalue weighted by Gasteiger charge is 2.22. The summed E-state index contributed by atoms with van der Waals surface area (Å²) in [7, 11) is 0. The van der Waals surface area contributed by atoms with Gasteiger partial charge in [0.25, 0.3) is 0 Å². The highest BCUT2D eigenvalue weighted by atomic mass is 128. The molecule has 5 rings (SSSR count). The third-order valence-electron chi connectivity index (χ3n) is 6.27. The number of pyridine rings is 1. The Balaban J connectivity index is 0.00000164. The molecule has 1 aliphatic rings. The number of hydrogen-bond donors (Lipinski definition) is 2. The molecule has 200 valence electrons. The minimum Gasteiger partial charge on any atom is -0.337 e. The molecule has 0 radical (unpaired) electrons. The molecule has 0 saturated carbocycles. The van der Waals surface area contributed by atoms with E-state index in [-0.39, 0.29) is 41.2 Å². The minimum atomic E-state index is -0.672. The number of aryl methyl sites for hydroxylation is 1. The maximum atomic E-state index is 14.9. The van der Waals surface area contributed by atoms with Gasteiger partial charge in [-0.1, -0.05) is 6.07 Å². The van der Waals surface area contributed by atoms with Gasteiger partial charge in [-0.05, 0) is 44.5 Å². The largest absolute Gasteiger partial charge is 0.337 e. The first-order chi connectivity index (χ1) is 18.2. The van der Waals surface area contributed by atoms with Crippen LogP contribution in [-0.4, -0.2) is 48.4 Å². The summed E-state index contributed by atoms with van der Waals surface area (Å²) < 4.78 is 31.6. The van der Waals surface area contributed by atoms with Crippen LogP contribution in [0.15, 0.2) is 30.5 Å². The molecule has 13 heteroatoms. The molecule has 0 bridgehead atoms. The molecule has 0 atom stereocenters. The third kappa shape index (κ3) is 5.73. The number of aromatic nitrogens is 5. The molecule has 4 heterocycles. The van der Waals surface area contributed by atoms with Crippen molar-refractivity contribution in [2.75, 3.05) is 18.4 Å². The zero-order valence-electron chi connectivity index (χ0n) is 21.0. The number of nitrogens with zero attached hydrogens (tertiary/aromatic N) is 6. The Bertz CT molecular complexity index is 1490. The molecular formula is C25H26F2I2N8O. The van der Waals surface area contributed by atoms with Gasteiger partial charge in [0, 0.05) is 74.0 Å². The summed E-state index contributed by atoms with van der Waals surface area (Å²) in [4.78, 5) is 30.9. The molecule has 3 N–H and O–H groups in total. The van der Waals surface area contributed by atoms with E-state index >= 15 is 0 Å². The number of hydrogen-bond acceptors (Lipinski definition) is 7. The van der Waals surface area contributed by atoms with Crippen molar-refractivity contribution in [1.82, 2.24) is 29.4 Å². The molecule has 0 aliphatic carbocycles. The monoisotopic (exact) mass is 746 g/mol. The number of nitrogens with one attached hydrogen (secondary N) is 1. The number of rotatable bonds is 5. The first-order valence-corrected chi connectivity index (χ1v) is 18.1. The molecule has 9 nitrogen and oxygen atoms in total. The molecule has 1 aliphatic heterocycles. The number of nitrogens with two attached hydrogens (primary N) is 1. The summed E-state index contributed by atoms with van der Waals surface area (Å²) in [6.07, 6.45) is 1.64. The summed E-state index contributed by atoms with van der Waals surface area (Å²) in [5.74, 6) is -0.0266. The molecule has 1 aromatic carbocycles. The molecule has 3 aromatic heterocycles. The fraction of sp³-hybridized carbons (Fsp3) is 0.320. The van der Waals surface area contributed by atoms with E-state index in [1.54, 1.807) is 17.0 Å². The summed E-state index contributed by atoms with van der Waals surface area (Å²) in [5.41, 5.74) is 8.33. The van der Waals surface area contributed by atoms with Crippen molar-refractivity contribution in [3.05, 3.63) is 59.2 Å². The van der Waals surface area contributed by atoms with Gasteiger partial charge in [0.1, 0.15) is 22.9 Å². The van der Waals surface area contributed by atoms with Gasteiger partial charge in [0.2, 0.25) is 11.9 Å². The van der Waals surface area contributed by atoms with Gasteiger partial charge in [0.15, 0.2) is 11.6 Å². The Kier molecular flexibility index (Phi) is 9.07. The van der Waals surface area contributed by atoms with Gasteiger partial charge < -0.3 is 20.5 Å². The van der Waals surface area contributed by atoms with E-state index < -0.39 is 11.6 Å². The predicted octanol–water partition coefficient (Wildman–Crippen LogP) is 5.41. The van der Waals surface area contributed by atoms with Crippen LogP contribution in [0.1, 0.15) is 37.0 Å². The number of imidazole rings is 1. The van der Waals surface area contributed by atoms with E-state index in [1.807, 2.05) is 31.4 Å². The van der Waals surface area contributed by atoms with Gasteiger partial charge in [0.05, 0.1) is 18.3 Å². The fourth-order valence-corrected chi connectivity index (χ4v) is 4.63. The van der Waals surface area contributed by atoms with E-state index in [9.17, 15) is 13.6 Å². The molecule has 38 heavy (non-hydrogen) atoms. The van der Waals surface area contributed by atoms with Crippen LogP contribution in [0.25, 0.3) is 22.3 Å². The zero-order valence-corrected chi connectivity index (χ0v) is 25.3. The van der Waals surface area contributed by atoms with Crippen molar-refractivity contribution in [3.63, 3.8) is 0 Å². The van der Waals surface area contributed by atoms with Crippen LogP contribution in [0, 0.1) is 18.6 Å². The smallest absolute Gasteiger partial charge is 0.236 e. The SMILES string of the molecule is Cc1nc2c(F)cc(-c3nc(Nc4ccc5c(n4)CCN(C(=O)CN)C5)ncc3F)cc2n1C(C)C.II. The lowest BCUT2D eigenvalue weighted by Crippen LogP contribution is -2.39. The van der Waals surface area contributed by atoms with E-state index in [2.05, 4.69) is 62.5 Å². The summed E-state index contributed by atoms with van der Waals surface area (Å²) in [5, 5.41) is 3.01. The van der Waals surface area contributed by atoms with Crippen LogP contribution in [0.5, 0.6) is 0 Å². The molecule has 0 saturated heterocycles. The standard InChI is InChI=1S/C25H26F2N8O.I2/c1-13(2)35-14(3)30-24-17(26)8-16(9-20(24)35)23-18(27)11-29-25(33-23)32-21-5-4-15-12-34(22(36)10-28)7-6-19(15)31-21;1-2/h4-5,8-9,11,13H,6-7,10,12,28H2,1-3H3,(H,29,31,32,33);. The Morgan fingerprint density at radius 3 is 2.63 bits per heavy atom. The average molecular weight is 746 g/mol. The number of benzene rings is 1. The molecule has 0 fully saturated rings. The van der Waals surface area contributed by atoms with Crippen LogP contribution in [0.4, 0.5) is 20.5 Å². The Morgan fingerprint density at radius 1 is 1.16 bits per heavy atom. The van der Waals surface area contributed by atoms with E-state index in [0.29, 0.717) is 36.7 Å². The van der Waals surface area contributed by atoms with Crippen molar-refractivity contribution >= 4 is 65.9 Å². The van der Waals surface area contributed by atoms with E-state index in [4.69, 9.17) is 5.73 Å². The Labute approximate surface area is 242 Å². The van der Waals surface area contributed by atoms with Crippen molar-refractivity contribution < 1.29 is 13.6 Å². The van der Waals surface area contributed by atoms with Gasteiger partial charge in [-0.25, -0.2) is 28.7 Å². The van der Waals surface area contributed by atoms with Gasteiger partial charge in [-0.15, -0.1) is 0 Å². The normalized spacial score (nSPS) is 12.8. The fourth-order valence-electron chi connectivity index (χ4n) is 4.63. The quantitative estimate of drug-likeness (QED) is 0.263. The summed E-state index contributed by atoms with van der Waals surface area (Å²) >= 11 is 4.24. The number of halogens is 4. The second-order valence-corrected chi connectivity index (χ2v) is 9.04. The number of amides is 1. The topological polar surface area (TPSA) is 115 Å². The molecular weight excluding hydrogens is 720 g/mol. The first-order valence-electron chi connectivity index (χ1n) is 11.8. The predicted molar refractivity (Wildman–Crippen MR) is 160 cm³/mol. The number of fused-ring (bicyclic) bond motifs is 2. The molecule has 1 amide bonds. The van der Waals surface area contributed by atoms with E-state index in [1.165, 1.54) is 6.07 Å². The Morgan fingerprint density at radius 2 is 1.92 bits per heavy atom. The van der Waals surface area contributed by atoms with Crippen molar-refractivity contribution in [2.45, 2.75) is 39.8 Å². The van der Waals surface area contributed by atoms with Gasteiger partial charge >= 0.3 is 0 Å². The van der Waals surface area contributed by atoms with Crippen LogP contribution in [0.3, 0.4) is 0 Å². The van der Waals surface area contributed by atoms with Gasteiger partial charge in [-0.3, -0.25) is 4.79 Å². The van der Waals surface area contributed by atoms with Crippen molar-refractivity contribution in [3.8, 4) is 11.3 Å². The first kappa shape index (κ1) is 28.5. The maximum Gasteiger partial charge on any atom is 0.236 e. The lowest BCUT2D eigenvalue weighted by molar-refractivity contribution is -0.130. The molecule has 4 aromatic rings. The third-order valence-corrected chi connectivity index (χ3v) is 6.27. The number of carbonyl (C=O) groups excluding carboxylic acids is 1. The Hall–Kier alpha value is -2.53. The maximum absolute atomic E-state index is 14.9. The second-order valence-electron chi connectivity index (χ2n) is 9.04. The van der Waals surface area contributed by atoms with E-state index in [0.717, 1.165) is 17.5 Å². The summed E-state index contributed by atoms with van der Waals surface area (Å²) in [6.45, 7) is 6.73. The summed E-state index contributed by atoms with van der Waals surface area (Å²) in [6, 6.07) is 6.60. The average Bonchev–Trinajstić information content (AvgIpc) is 3.26. The van der Waals surface area contributed by atoms with Crippen LogP contribution < -0.4 is 11.1 Å². The highest BCUT2D eigenvalue weighted by molar-refractivity contribution is 15.0. The van der Waals surface area contributed by atoms with Crippen molar-refractivity contribution in [2.24, 2.45) is 5.73 Å².